The smallest absolute Gasteiger partial charge is 0.211 e. The lowest BCUT2D eigenvalue weighted by Gasteiger charge is -2.06. The summed E-state index contributed by atoms with van der Waals surface area (Å²) in [4.78, 5) is 17.0. The van der Waals surface area contributed by atoms with E-state index >= 15 is 0 Å². The number of aromatic nitrogens is 3. The lowest BCUT2D eigenvalue weighted by atomic mass is 10.2. The Labute approximate surface area is 197 Å². The fourth-order valence-corrected chi connectivity index (χ4v) is 4.66. The molecule has 0 fully saturated rings. The molecule has 0 saturated heterocycles. The molecule has 0 atom stereocenters. The number of hydrogen-bond acceptors (Lipinski definition) is 5. The van der Waals surface area contributed by atoms with Crippen molar-refractivity contribution in [3.8, 4) is 0 Å². The Kier molecular flexibility index (Phi) is 7.88. The Hall–Kier alpha value is -3.18. The Morgan fingerprint density at radius 3 is 2.52 bits per heavy atom. The third kappa shape index (κ3) is 5.99. The van der Waals surface area contributed by atoms with Gasteiger partial charge in [0.25, 0.3) is 0 Å². The minimum Gasteiger partial charge on any atom is -0.342 e. The van der Waals surface area contributed by atoms with Crippen molar-refractivity contribution in [2.45, 2.75) is 18.4 Å². The van der Waals surface area contributed by atoms with Crippen LogP contribution in [-0.4, -0.2) is 35.1 Å². The normalized spacial score (nSPS) is 11.0. The highest BCUT2D eigenvalue weighted by molar-refractivity contribution is 9.10. The van der Waals surface area contributed by atoms with Gasteiger partial charge < -0.3 is 9.88 Å². The van der Waals surface area contributed by atoms with Crippen LogP contribution in [0.3, 0.4) is 0 Å². The van der Waals surface area contributed by atoms with Crippen LogP contribution in [0.2, 0.25) is 0 Å². The summed E-state index contributed by atoms with van der Waals surface area (Å²) >= 11 is 3.37. The van der Waals surface area contributed by atoms with Gasteiger partial charge in [-0.1, -0.05) is 35.0 Å². The van der Waals surface area contributed by atoms with Crippen LogP contribution in [0, 0.1) is 11.6 Å². The zero-order valence-corrected chi connectivity index (χ0v) is 19.8. The largest absolute Gasteiger partial charge is 0.342 e. The quantitative estimate of drug-likeness (QED) is 0.364. The summed E-state index contributed by atoms with van der Waals surface area (Å²) in [5.74, 6) is -1.76. The molecule has 172 valence electrons. The van der Waals surface area contributed by atoms with Crippen LogP contribution in [0.4, 0.5) is 14.5 Å². The summed E-state index contributed by atoms with van der Waals surface area (Å²) in [6.07, 6.45) is 6.39. The molecule has 0 aliphatic carbocycles. The van der Waals surface area contributed by atoms with Gasteiger partial charge in [-0.25, -0.2) is 27.2 Å². The molecule has 2 heterocycles. The second kappa shape index (κ2) is 10.6. The molecule has 0 spiro atoms. The molecule has 4 rings (SSSR count). The molecule has 0 aliphatic heterocycles. The first-order valence-corrected chi connectivity index (χ1v) is 12.1. The van der Waals surface area contributed by atoms with Gasteiger partial charge in [0.15, 0.2) is 9.84 Å². The second-order valence-electron chi connectivity index (χ2n) is 6.83. The molecule has 0 bridgehead atoms. The Bertz CT molecular complexity index is 1380. The first-order valence-electron chi connectivity index (χ1n) is 9.65. The maximum atomic E-state index is 14.3. The molecule has 0 saturated carbocycles. The Morgan fingerprint density at radius 2 is 1.88 bits per heavy atom. The highest BCUT2D eigenvalue weighted by atomic mass is 79.9. The summed E-state index contributed by atoms with van der Waals surface area (Å²) in [5, 5.41) is 2.34. The Morgan fingerprint density at radius 1 is 1.15 bits per heavy atom. The van der Waals surface area contributed by atoms with E-state index in [1.807, 2.05) is 24.3 Å². The molecular formula is C22H19BrF2N4O3S. The van der Waals surface area contributed by atoms with E-state index in [2.05, 4.69) is 31.2 Å². The van der Waals surface area contributed by atoms with E-state index in [0.717, 1.165) is 16.1 Å². The summed E-state index contributed by atoms with van der Waals surface area (Å²) in [6.45, 7) is 1.80. The van der Waals surface area contributed by atoms with Crippen molar-refractivity contribution in [2.24, 2.45) is 0 Å². The third-order valence-corrected chi connectivity index (χ3v) is 6.84. The standard InChI is InChI=1S/C17H14BrF2NO2S.C5H5N3O/c1-2-24(22,23)16-10-21(9-11-4-3-5-12(18)6-11)15-8-13(19)7-14(20)17(15)16;9-4-8-5-1-6-3-7-2-5/h3-8,10H,2,9H2,1H3;1-4H,(H,8,9). The minimum absolute atomic E-state index is 0.0618. The molecule has 11 heteroatoms. The van der Waals surface area contributed by atoms with Crippen molar-refractivity contribution in [2.75, 3.05) is 11.1 Å². The average molecular weight is 537 g/mol. The van der Waals surface area contributed by atoms with Crippen molar-refractivity contribution < 1.29 is 22.0 Å². The molecule has 4 aromatic rings. The van der Waals surface area contributed by atoms with Crippen molar-refractivity contribution in [3.05, 3.63) is 83.0 Å². The zero-order chi connectivity index (χ0) is 24.0. The van der Waals surface area contributed by atoms with Crippen molar-refractivity contribution in [1.82, 2.24) is 14.5 Å². The summed E-state index contributed by atoms with van der Waals surface area (Å²) in [6, 6.07) is 9.31. The van der Waals surface area contributed by atoms with Crippen molar-refractivity contribution >= 4 is 48.8 Å². The topological polar surface area (TPSA) is 94.0 Å². The predicted octanol–water partition coefficient (Wildman–Crippen LogP) is 4.57. The highest BCUT2D eigenvalue weighted by Crippen LogP contribution is 2.30. The number of carbonyl (C=O) groups is 1. The predicted molar refractivity (Wildman–Crippen MR) is 125 cm³/mol. The number of amides is 1. The summed E-state index contributed by atoms with van der Waals surface area (Å²) in [5.41, 5.74) is 1.71. The zero-order valence-electron chi connectivity index (χ0n) is 17.4. The van der Waals surface area contributed by atoms with Crippen molar-refractivity contribution in [3.63, 3.8) is 0 Å². The van der Waals surface area contributed by atoms with Gasteiger partial charge in [-0.3, -0.25) is 4.79 Å². The number of rotatable bonds is 6. The van der Waals surface area contributed by atoms with Gasteiger partial charge in [0.2, 0.25) is 6.41 Å². The lowest BCUT2D eigenvalue weighted by Crippen LogP contribution is -2.03. The molecule has 33 heavy (non-hydrogen) atoms. The van der Waals surface area contributed by atoms with Gasteiger partial charge in [-0.2, -0.15) is 0 Å². The molecule has 0 radical (unpaired) electrons. The van der Waals surface area contributed by atoms with Gasteiger partial charge in [0, 0.05) is 23.3 Å². The Balaban J connectivity index is 0.000000286. The van der Waals surface area contributed by atoms with Crippen LogP contribution < -0.4 is 5.32 Å². The van der Waals surface area contributed by atoms with Crippen LogP contribution in [0.5, 0.6) is 0 Å². The van der Waals surface area contributed by atoms with Crippen LogP contribution in [0.25, 0.3) is 10.9 Å². The molecule has 7 nitrogen and oxygen atoms in total. The molecule has 2 aromatic heterocycles. The highest BCUT2D eigenvalue weighted by Gasteiger charge is 2.23. The number of hydrogen-bond donors (Lipinski definition) is 1. The number of nitrogens with one attached hydrogen (secondary N) is 1. The molecule has 1 N–H and O–H groups in total. The van der Waals surface area contributed by atoms with Crippen LogP contribution >= 0.6 is 15.9 Å². The van der Waals surface area contributed by atoms with Crippen molar-refractivity contribution in [1.29, 1.82) is 0 Å². The number of halogens is 3. The molecule has 1 amide bonds. The van der Waals surface area contributed by atoms with Gasteiger partial charge in [-0.05, 0) is 23.8 Å². The number of benzene rings is 2. The van der Waals surface area contributed by atoms with E-state index in [0.29, 0.717) is 24.7 Å². The van der Waals surface area contributed by atoms with Crippen LogP contribution in [-0.2, 0) is 21.2 Å². The van der Waals surface area contributed by atoms with E-state index in [4.69, 9.17) is 0 Å². The number of sulfone groups is 1. The number of nitrogens with zero attached hydrogens (tertiary/aromatic N) is 3. The van der Waals surface area contributed by atoms with E-state index in [-0.39, 0.29) is 21.6 Å². The van der Waals surface area contributed by atoms with Gasteiger partial charge >= 0.3 is 0 Å². The summed E-state index contributed by atoms with van der Waals surface area (Å²) < 4.78 is 54.9. The molecule has 0 aliphatic rings. The third-order valence-electron chi connectivity index (χ3n) is 4.61. The van der Waals surface area contributed by atoms with E-state index in [9.17, 15) is 22.0 Å². The van der Waals surface area contributed by atoms with E-state index in [1.165, 1.54) is 31.8 Å². The fourth-order valence-electron chi connectivity index (χ4n) is 3.10. The number of anilines is 1. The molecule has 2 aromatic carbocycles. The lowest BCUT2D eigenvalue weighted by molar-refractivity contribution is -0.105. The summed E-state index contributed by atoms with van der Waals surface area (Å²) in [7, 11) is -3.63. The van der Waals surface area contributed by atoms with Gasteiger partial charge in [-0.15, -0.1) is 0 Å². The average Bonchev–Trinajstić information content (AvgIpc) is 3.14. The first-order chi connectivity index (χ1) is 15.7. The number of fused-ring (bicyclic) bond motifs is 1. The molecule has 0 unspecified atom stereocenters. The monoisotopic (exact) mass is 536 g/mol. The maximum Gasteiger partial charge on any atom is 0.211 e. The minimum atomic E-state index is -3.63. The van der Waals surface area contributed by atoms with Crippen LogP contribution in [0.15, 0.2) is 70.7 Å². The van der Waals surface area contributed by atoms with Gasteiger partial charge in [0.05, 0.1) is 39.6 Å². The maximum absolute atomic E-state index is 14.3. The van der Waals surface area contributed by atoms with E-state index in [1.54, 1.807) is 4.57 Å². The van der Waals surface area contributed by atoms with Crippen LogP contribution in [0.1, 0.15) is 12.5 Å². The molecular weight excluding hydrogens is 518 g/mol. The second-order valence-corrected chi connectivity index (χ2v) is 9.99. The fraction of sp³-hybridized carbons (Fsp3) is 0.136. The van der Waals surface area contributed by atoms with E-state index < -0.39 is 21.5 Å². The SMILES string of the molecule is CCS(=O)(=O)c1cn(Cc2cccc(Br)c2)c2cc(F)cc(F)c12.O=CNc1cncnc1. The van der Waals surface area contributed by atoms with Gasteiger partial charge in [0.1, 0.15) is 18.0 Å². The number of carbonyl (C=O) groups excluding carboxylic acids is 1. The first kappa shape index (κ1) is 24.5.